The van der Waals surface area contributed by atoms with Crippen LogP contribution in [0.2, 0.25) is 0 Å². The third-order valence-corrected chi connectivity index (χ3v) is 5.72. The first kappa shape index (κ1) is 15.9. The van der Waals surface area contributed by atoms with E-state index in [-0.39, 0.29) is 23.8 Å². The Morgan fingerprint density at radius 1 is 1.13 bits per heavy atom. The average Bonchev–Trinajstić information content (AvgIpc) is 2.93. The molecule has 0 aliphatic carbocycles. The van der Waals surface area contributed by atoms with Crippen molar-refractivity contribution in [3.8, 4) is 0 Å². The van der Waals surface area contributed by atoms with E-state index in [2.05, 4.69) is 10.2 Å². The monoisotopic (exact) mass is 346 g/mol. The number of rotatable bonds is 2. The fourth-order valence-corrected chi connectivity index (χ4v) is 4.24. The summed E-state index contributed by atoms with van der Waals surface area (Å²) < 4.78 is 66.0. The molecule has 0 fully saturated rings. The largest absolute Gasteiger partial charge is 0.451 e. The SMILES string of the molecule is CC1c2nnc(C(F)(F)F)n2CCN1S(=O)(=O)c1ccccc1. The van der Waals surface area contributed by atoms with Crippen molar-refractivity contribution in [1.82, 2.24) is 19.1 Å². The summed E-state index contributed by atoms with van der Waals surface area (Å²) in [4.78, 5) is 0.0934. The lowest BCUT2D eigenvalue weighted by molar-refractivity contribution is -0.147. The van der Waals surface area contributed by atoms with Gasteiger partial charge in [-0.1, -0.05) is 18.2 Å². The van der Waals surface area contributed by atoms with E-state index in [1.165, 1.54) is 19.1 Å². The highest BCUT2D eigenvalue weighted by atomic mass is 32.2. The summed E-state index contributed by atoms with van der Waals surface area (Å²) in [5, 5.41) is 6.72. The molecule has 23 heavy (non-hydrogen) atoms. The minimum Gasteiger partial charge on any atom is -0.305 e. The van der Waals surface area contributed by atoms with Gasteiger partial charge in [0.15, 0.2) is 5.82 Å². The normalized spacial score (nSPS) is 19.6. The Kier molecular flexibility index (Phi) is 3.68. The number of hydrogen-bond acceptors (Lipinski definition) is 4. The molecule has 0 spiro atoms. The first-order valence-electron chi connectivity index (χ1n) is 6.80. The van der Waals surface area contributed by atoms with Gasteiger partial charge in [0.25, 0.3) is 0 Å². The van der Waals surface area contributed by atoms with Crippen LogP contribution in [0.15, 0.2) is 35.2 Å². The molecular formula is C13H13F3N4O2S. The lowest BCUT2D eigenvalue weighted by Gasteiger charge is -2.32. The molecule has 1 aliphatic rings. The summed E-state index contributed by atoms with van der Waals surface area (Å²) in [5.74, 6) is -1.11. The second kappa shape index (κ2) is 5.31. The highest BCUT2D eigenvalue weighted by Gasteiger charge is 2.43. The minimum absolute atomic E-state index is 0.0110. The van der Waals surface area contributed by atoms with Crippen LogP contribution in [-0.4, -0.2) is 34.0 Å². The molecule has 0 saturated heterocycles. The first-order chi connectivity index (χ1) is 10.7. The van der Waals surface area contributed by atoms with Crippen molar-refractivity contribution in [2.24, 2.45) is 0 Å². The molecule has 1 aromatic carbocycles. The van der Waals surface area contributed by atoms with E-state index in [0.29, 0.717) is 0 Å². The van der Waals surface area contributed by atoms with Crippen LogP contribution in [0.25, 0.3) is 0 Å². The Hall–Kier alpha value is -1.94. The zero-order valence-electron chi connectivity index (χ0n) is 12.0. The van der Waals surface area contributed by atoms with Gasteiger partial charge in [-0.3, -0.25) is 0 Å². The zero-order valence-corrected chi connectivity index (χ0v) is 12.8. The fourth-order valence-electron chi connectivity index (χ4n) is 2.63. The molecule has 6 nitrogen and oxygen atoms in total. The molecule has 0 radical (unpaired) electrons. The van der Waals surface area contributed by atoms with Gasteiger partial charge < -0.3 is 4.57 Å². The number of sulfonamides is 1. The van der Waals surface area contributed by atoms with Crippen LogP contribution in [0.1, 0.15) is 24.6 Å². The molecule has 0 bridgehead atoms. The van der Waals surface area contributed by atoms with E-state index in [9.17, 15) is 21.6 Å². The molecule has 3 rings (SSSR count). The average molecular weight is 346 g/mol. The summed E-state index contributed by atoms with van der Waals surface area (Å²) in [6.45, 7) is 1.28. The van der Waals surface area contributed by atoms with Crippen molar-refractivity contribution in [1.29, 1.82) is 0 Å². The summed E-state index contributed by atoms with van der Waals surface area (Å²) in [6, 6.07) is 6.92. The molecule has 2 heterocycles. The Bertz CT molecular complexity index is 817. The maximum atomic E-state index is 12.9. The predicted octanol–water partition coefficient (Wildman–Crippen LogP) is 2.06. The van der Waals surface area contributed by atoms with Crippen LogP contribution < -0.4 is 0 Å². The van der Waals surface area contributed by atoms with Gasteiger partial charge in [0.2, 0.25) is 15.8 Å². The van der Waals surface area contributed by atoms with Crippen molar-refractivity contribution in [3.63, 3.8) is 0 Å². The van der Waals surface area contributed by atoms with E-state index < -0.39 is 28.1 Å². The van der Waals surface area contributed by atoms with E-state index >= 15 is 0 Å². The summed E-state index contributed by atoms with van der Waals surface area (Å²) >= 11 is 0. The highest BCUT2D eigenvalue weighted by molar-refractivity contribution is 7.89. The van der Waals surface area contributed by atoms with E-state index in [1.54, 1.807) is 18.2 Å². The maximum Gasteiger partial charge on any atom is 0.451 e. The molecule has 1 aromatic heterocycles. The molecular weight excluding hydrogens is 333 g/mol. The van der Waals surface area contributed by atoms with Crippen LogP contribution in [0.5, 0.6) is 0 Å². The third-order valence-electron chi connectivity index (χ3n) is 3.73. The van der Waals surface area contributed by atoms with Crippen molar-refractivity contribution in [2.75, 3.05) is 6.54 Å². The Morgan fingerprint density at radius 3 is 2.39 bits per heavy atom. The van der Waals surface area contributed by atoms with E-state index in [0.717, 1.165) is 8.87 Å². The maximum absolute atomic E-state index is 12.9. The molecule has 0 saturated carbocycles. The molecule has 1 aliphatic heterocycles. The van der Waals surface area contributed by atoms with Gasteiger partial charge in [-0.05, 0) is 19.1 Å². The van der Waals surface area contributed by atoms with E-state index in [1.807, 2.05) is 0 Å². The van der Waals surface area contributed by atoms with Crippen LogP contribution >= 0.6 is 0 Å². The number of benzene rings is 1. The Morgan fingerprint density at radius 2 is 1.78 bits per heavy atom. The van der Waals surface area contributed by atoms with Gasteiger partial charge in [0.1, 0.15) is 0 Å². The molecule has 1 unspecified atom stereocenters. The number of hydrogen-bond donors (Lipinski definition) is 0. The van der Waals surface area contributed by atoms with Gasteiger partial charge >= 0.3 is 6.18 Å². The highest BCUT2D eigenvalue weighted by Crippen LogP contribution is 2.34. The Balaban J connectivity index is 1.99. The molecule has 2 aromatic rings. The molecule has 10 heteroatoms. The summed E-state index contributed by atoms with van der Waals surface area (Å²) in [5.41, 5.74) is 0. The van der Waals surface area contributed by atoms with Crippen LogP contribution in [0.3, 0.4) is 0 Å². The van der Waals surface area contributed by atoms with Crippen molar-refractivity contribution in [3.05, 3.63) is 42.0 Å². The van der Waals surface area contributed by atoms with Gasteiger partial charge in [-0.25, -0.2) is 8.42 Å². The van der Waals surface area contributed by atoms with Crippen molar-refractivity contribution in [2.45, 2.75) is 30.6 Å². The quantitative estimate of drug-likeness (QED) is 0.835. The molecule has 124 valence electrons. The minimum atomic E-state index is -4.62. The van der Waals surface area contributed by atoms with Crippen LogP contribution in [0.4, 0.5) is 13.2 Å². The number of fused-ring (bicyclic) bond motifs is 1. The predicted molar refractivity (Wildman–Crippen MR) is 73.8 cm³/mol. The lowest BCUT2D eigenvalue weighted by Crippen LogP contribution is -2.41. The van der Waals surface area contributed by atoms with Crippen molar-refractivity contribution < 1.29 is 21.6 Å². The van der Waals surface area contributed by atoms with Crippen molar-refractivity contribution >= 4 is 10.0 Å². The molecule has 0 N–H and O–H groups in total. The lowest BCUT2D eigenvalue weighted by atomic mass is 10.2. The topological polar surface area (TPSA) is 68.1 Å². The summed E-state index contributed by atoms with van der Waals surface area (Å²) in [6.07, 6.45) is -4.62. The standard InChI is InChI=1S/C13H13F3N4O2S/c1-9-11-17-18-12(13(14,15)16)19(11)7-8-20(9)23(21,22)10-5-3-2-4-6-10/h2-6,9H,7-8H2,1H3. The molecule has 0 amide bonds. The van der Waals surface area contributed by atoms with Crippen LogP contribution in [0, 0.1) is 0 Å². The molecule has 1 atom stereocenters. The fraction of sp³-hybridized carbons (Fsp3) is 0.385. The van der Waals surface area contributed by atoms with Gasteiger partial charge in [0, 0.05) is 13.1 Å². The number of alkyl halides is 3. The zero-order chi connectivity index (χ0) is 16.8. The van der Waals surface area contributed by atoms with Gasteiger partial charge in [0.05, 0.1) is 10.9 Å². The van der Waals surface area contributed by atoms with Gasteiger partial charge in [-0.2, -0.15) is 17.5 Å². The van der Waals surface area contributed by atoms with E-state index in [4.69, 9.17) is 0 Å². The summed E-state index contributed by atoms with van der Waals surface area (Å²) in [7, 11) is -3.81. The number of aromatic nitrogens is 3. The smallest absolute Gasteiger partial charge is 0.305 e. The first-order valence-corrected chi connectivity index (χ1v) is 8.24. The third kappa shape index (κ3) is 2.61. The Labute approximate surface area is 130 Å². The number of nitrogens with zero attached hydrogens (tertiary/aromatic N) is 4. The second-order valence-corrected chi connectivity index (χ2v) is 7.03. The van der Waals surface area contributed by atoms with Gasteiger partial charge in [-0.15, -0.1) is 10.2 Å². The second-order valence-electron chi connectivity index (χ2n) is 5.14. The van der Waals surface area contributed by atoms with Crippen LogP contribution in [-0.2, 0) is 22.7 Å². The number of halogens is 3.